The molecule has 5 heteroatoms. The van der Waals surface area contributed by atoms with Crippen LogP contribution in [0.15, 0.2) is 30.5 Å². The van der Waals surface area contributed by atoms with Gasteiger partial charge in [0, 0.05) is 6.42 Å². The highest BCUT2D eigenvalue weighted by molar-refractivity contribution is 5.66. The second-order valence-corrected chi connectivity index (χ2v) is 7.72. The number of para-hydroxylation sites is 1. The lowest BCUT2D eigenvalue weighted by Gasteiger charge is -2.03. The SMILES string of the molecule is Cc1ccccc1-n1cc(CCCCCCCCCCCCCC(=O)O)nn1. The highest BCUT2D eigenvalue weighted by atomic mass is 16.4. The molecule has 1 N–H and O–H groups in total. The van der Waals surface area contributed by atoms with Gasteiger partial charge < -0.3 is 5.11 Å². The van der Waals surface area contributed by atoms with Gasteiger partial charge in [0.25, 0.3) is 0 Å². The molecule has 0 atom stereocenters. The number of carboxylic acids is 1. The molecule has 0 radical (unpaired) electrons. The minimum atomic E-state index is -0.670. The lowest BCUT2D eigenvalue weighted by Crippen LogP contribution is -1.97. The van der Waals surface area contributed by atoms with Crippen LogP contribution in [0.3, 0.4) is 0 Å². The maximum Gasteiger partial charge on any atom is 0.303 e. The maximum absolute atomic E-state index is 10.4. The predicted octanol–water partition coefficient (Wildman–Crippen LogP) is 5.88. The number of carboxylic acid groups (broad SMARTS) is 1. The van der Waals surface area contributed by atoms with Gasteiger partial charge in [0.05, 0.1) is 17.6 Å². The van der Waals surface area contributed by atoms with Crippen LogP contribution in [0.5, 0.6) is 0 Å². The summed E-state index contributed by atoms with van der Waals surface area (Å²) in [5, 5.41) is 17.2. The van der Waals surface area contributed by atoms with Crippen LogP contribution in [-0.2, 0) is 11.2 Å². The Balaban J connectivity index is 1.45. The summed E-state index contributed by atoms with van der Waals surface area (Å²) in [6.45, 7) is 2.09. The third kappa shape index (κ3) is 8.68. The molecule has 0 aliphatic heterocycles. The number of benzene rings is 1. The summed E-state index contributed by atoms with van der Waals surface area (Å²) in [7, 11) is 0. The second-order valence-electron chi connectivity index (χ2n) is 7.72. The van der Waals surface area contributed by atoms with Crippen molar-refractivity contribution in [2.75, 3.05) is 0 Å². The molecule has 5 nitrogen and oxygen atoms in total. The van der Waals surface area contributed by atoms with E-state index in [2.05, 4.69) is 35.6 Å². The zero-order valence-corrected chi connectivity index (χ0v) is 17.3. The molecule has 1 aromatic carbocycles. The van der Waals surface area contributed by atoms with Crippen molar-refractivity contribution in [1.29, 1.82) is 0 Å². The topological polar surface area (TPSA) is 68.0 Å². The summed E-state index contributed by atoms with van der Waals surface area (Å²) in [5.41, 5.74) is 3.38. The van der Waals surface area contributed by atoms with Crippen molar-refractivity contribution >= 4 is 5.97 Å². The van der Waals surface area contributed by atoms with Crippen LogP contribution in [0.1, 0.15) is 88.3 Å². The fourth-order valence-electron chi connectivity index (χ4n) is 3.52. The monoisotopic (exact) mass is 385 g/mol. The summed E-state index contributed by atoms with van der Waals surface area (Å²) in [4.78, 5) is 10.4. The van der Waals surface area contributed by atoms with Crippen molar-refractivity contribution in [2.24, 2.45) is 0 Å². The Hall–Kier alpha value is -2.17. The average Bonchev–Trinajstić information content (AvgIpc) is 3.14. The molecule has 0 aliphatic rings. The number of aryl methyl sites for hydroxylation is 2. The van der Waals surface area contributed by atoms with Gasteiger partial charge >= 0.3 is 5.97 Å². The molecule has 1 aromatic heterocycles. The Morgan fingerprint density at radius 1 is 0.893 bits per heavy atom. The lowest BCUT2D eigenvalue weighted by molar-refractivity contribution is -0.137. The number of aromatic nitrogens is 3. The van der Waals surface area contributed by atoms with E-state index < -0.39 is 5.97 Å². The molecule has 0 saturated carbocycles. The van der Waals surface area contributed by atoms with Crippen LogP contribution in [0, 0.1) is 6.92 Å². The zero-order valence-electron chi connectivity index (χ0n) is 17.3. The highest BCUT2D eigenvalue weighted by Gasteiger charge is 2.05. The van der Waals surface area contributed by atoms with E-state index in [0.29, 0.717) is 6.42 Å². The van der Waals surface area contributed by atoms with Gasteiger partial charge in [-0.05, 0) is 37.8 Å². The third-order valence-electron chi connectivity index (χ3n) is 5.23. The maximum atomic E-state index is 10.4. The molecule has 0 saturated heterocycles. The molecule has 0 spiro atoms. The predicted molar refractivity (Wildman–Crippen MR) is 113 cm³/mol. The quantitative estimate of drug-likeness (QED) is 0.388. The molecule has 1 heterocycles. The number of hydrogen-bond donors (Lipinski definition) is 1. The first kappa shape index (κ1) is 22.1. The van der Waals surface area contributed by atoms with Gasteiger partial charge in [-0.3, -0.25) is 4.79 Å². The van der Waals surface area contributed by atoms with E-state index in [1.165, 1.54) is 63.4 Å². The van der Waals surface area contributed by atoms with Gasteiger partial charge in [-0.15, -0.1) is 5.10 Å². The fraction of sp³-hybridized carbons (Fsp3) is 0.609. The van der Waals surface area contributed by atoms with Gasteiger partial charge in [0.1, 0.15) is 0 Å². The van der Waals surface area contributed by atoms with E-state index in [1.807, 2.05) is 16.8 Å². The van der Waals surface area contributed by atoms with E-state index in [9.17, 15) is 4.79 Å². The second kappa shape index (κ2) is 13.1. The zero-order chi connectivity index (χ0) is 20.0. The van der Waals surface area contributed by atoms with Crippen LogP contribution >= 0.6 is 0 Å². The van der Waals surface area contributed by atoms with Gasteiger partial charge in [-0.2, -0.15) is 0 Å². The van der Waals surface area contributed by atoms with Crippen molar-refractivity contribution in [3.8, 4) is 5.69 Å². The number of nitrogens with zero attached hydrogens (tertiary/aromatic N) is 3. The molecule has 2 rings (SSSR count). The Morgan fingerprint density at radius 3 is 2.07 bits per heavy atom. The third-order valence-corrected chi connectivity index (χ3v) is 5.23. The average molecular weight is 386 g/mol. The molecule has 0 unspecified atom stereocenters. The van der Waals surface area contributed by atoms with Crippen LogP contribution in [0.2, 0.25) is 0 Å². The summed E-state index contributed by atoms with van der Waals surface area (Å²) in [5.74, 6) is -0.670. The van der Waals surface area contributed by atoms with Crippen LogP contribution < -0.4 is 0 Å². The lowest BCUT2D eigenvalue weighted by atomic mass is 10.0. The summed E-state index contributed by atoms with van der Waals surface area (Å²) >= 11 is 0. The number of aliphatic carboxylic acids is 1. The molecule has 0 aliphatic carbocycles. The van der Waals surface area contributed by atoms with Gasteiger partial charge in [-0.1, -0.05) is 81.2 Å². The standard InChI is InChI=1S/C23H35N3O2/c1-20-15-13-14-17-22(20)26-19-21(24-25-26)16-11-9-7-5-3-2-4-6-8-10-12-18-23(27)28/h13-15,17,19H,2-12,16,18H2,1H3,(H,27,28). The Bertz CT molecular complexity index is 697. The molecule has 28 heavy (non-hydrogen) atoms. The summed E-state index contributed by atoms with van der Waals surface area (Å²) in [6.07, 6.45) is 16.6. The van der Waals surface area contributed by atoms with Crippen LogP contribution in [-0.4, -0.2) is 26.1 Å². The molecular weight excluding hydrogens is 350 g/mol. The van der Waals surface area contributed by atoms with Crippen molar-refractivity contribution in [3.63, 3.8) is 0 Å². The van der Waals surface area contributed by atoms with Crippen molar-refractivity contribution in [1.82, 2.24) is 15.0 Å². The highest BCUT2D eigenvalue weighted by Crippen LogP contribution is 2.15. The molecular formula is C23H35N3O2. The largest absolute Gasteiger partial charge is 0.481 e. The first-order chi connectivity index (χ1) is 13.7. The van der Waals surface area contributed by atoms with Gasteiger partial charge in [0.15, 0.2) is 0 Å². The van der Waals surface area contributed by atoms with Gasteiger partial charge in [-0.25, -0.2) is 4.68 Å². The normalized spacial score (nSPS) is 11.0. The Labute approximate surface area is 169 Å². The van der Waals surface area contributed by atoms with E-state index in [1.54, 1.807) is 0 Å². The van der Waals surface area contributed by atoms with Crippen molar-refractivity contribution < 1.29 is 9.90 Å². The minimum Gasteiger partial charge on any atom is -0.481 e. The number of carbonyl (C=O) groups is 1. The van der Waals surface area contributed by atoms with Crippen LogP contribution in [0.25, 0.3) is 5.69 Å². The molecule has 0 amide bonds. The summed E-state index contributed by atoms with van der Waals surface area (Å²) < 4.78 is 1.88. The first-order valence-electron chi connectivity index (χ1n) is 10.9. The minimum absolute atomic E-state index is 0.322. The van der Waals surface area contributed by atoms with Crippen LogP contribution in [0.4, 0.5) is 0 Å². The first-order valence-corrected chi connectivity index (χ1v) is 10.9. The number of hydrogen-bond acceptors (Lipinski definition) is 3. The van der Waals surface area contributed by atoms with E-state index >= 15 is 0 Å². The fourth-order valence-corrected chi connectivity index (χ4v) is 3.52. The Kier molecular flexibility index (Phi) is 10.3. The van der Waals surface area contributed by atoms with E-state index in [0.717, 1.165) is 30.6 Å². The molecule has 0 fully saturated rings. The molecule has 0 bridgehead atoms. The van der Waals surface area contributed by atoms with Crippen molar-refractivity contribution in [3.05, 3.63) is 41.7 Å². The van der Waals surface area contributed by atoms with E-state index in [-0.39, 0.29) is 0 Å². The Morgan fingerprint density at radius 2 is 1.46 bits per heavy atom. The smallest absolute Gasteiger partial charge is 0.303 e. The van der Waals surface area contributed by atoms with Gasteiger partial charge in [0.2, 0.25) is 0 Å². The number of rotatable bonds is 15. The molecule has 154 valence electrons. The summed E-state index contributed by atoms with van der Waals surface area (Å²) in [6, 6.07) is 8.24. The van der Waals surface area contributed by atoms with Crippen molar-refractivity contribution in [2.45, 2.75) is 90.4 Å². The van der Waals surface area contributed by atoms with E-state index in [4.69, 9.17) is 5.11 Å². The number of unbranched alkanes of at least 4 members (excludes halogenated alkanes) is 10. The molecule has 2 aromatic rings.